The van der Waals surface area contributed by atoms with Gasteiger partial charge in [-0.2, -0.15) is 14.6 Å². The van der Waals surface area contributed by atoms with Crippen LogP contribution in [0.3, 0.4) is 0 Å². The summed E-state index contributed by atoms with van der Waals surface area (Å²) in [4.78, 5) is 8.34. The van der Waals surface area contributed by atoms with E-state index in [0.29, 0.717) is 24.0 Å². The molecular formula is C13H12BrN5O. The van der Waals surface area contributed by atoms with Crippen molar-refractivity contribution in [3.05, 3.63) is 46.3 Å². The lowest BCUT2D eigenvalue weighted by molar-refractivity contribution is 0.440. The van der Waals surface area contributed by atoms with Gasteiger partial charge in [-0.25, -0.2) is 4.98 Å². The van der Waals surface area contributed by atoms with E-state index in [4.69, 9.17) is 10.5 Å². The van der Waals surface area contributed by atoms with E-state index in [1.165, 1.54) is 6.33 Å². The second-order valence-electron chi connectivity index (χ2n) is 4.27. The van der Waals surface area contributed by atoms with Gasteiger partial charge in [-0.05, 0) is 25.1 Å². The van der Waals surface area contributed by atoms with E-state index < -0.39 is 0 Å². The predicted octanol–water partition coefficient (Wildman–Crippen LogP) is 2.45. The van der Waals surface area contributed by atoms with Gasteiger partial charge in [-0.3, -0.25) is 0 Å². The van der Waals surface area contributed by atoms with Crippen LogP contribution in [0.25, 0.3) is 5.78 Å². The Balaban J connectivity index is 2.07. The Morgan fingerprint density at radius 2 is 2.20 bits per heavy atom. The number of hydrogen-bond donors (Lipinski definition) is 1. The molecule has 3 rings (SSSR count). The Hall–Kier alpha value is -1.99. The Morgan fingerprint density at radius 1 is 1.35 bits per heavy atom. The van der Waals surface area contributed by atoms with Gasteiger partial charge in [0.2, 0.25) is 5.88 Å². The number of aromatic nitrogens is 4. The molecule has 2 heterocycles. The molecule has 7 heteroatoms. The Morgan fingerprint density at radius 3 is 3.00 bits per heavy atom. The van der Waals surface area contributed by atoms with Crippen LogP contribution in [0.2, 0.25) is 0 Å². The first-order valence-electron chi connectivity index (χ1n) is 6.01. The zero-order valence-corrected chi connectivity index (χ0v) is 12.3. The second kappa shape index (κ2) is 5.18. The van der Waals surface area contributed by atoms with Crippen LogP contribution in [0.1, 0.15) is 11.3 Å². The fourth-order valence-electron chi connectivity index (χ4n) is 1.89. The summed E-state index contributed by atoms with van der Waals surface area (Å²) < 4.78 is 8.44. The molecule has 2 aromatic heterocycles. The first kappa shape index (κ1) is 13.0. The van der Waals surface area contributed by atoms with Crippen molar-refractivity contribution < 1.29 is 4.74 Å². The van der Waals surface area contributed by atoms with Gasteiger partial charge in [-0.1, -0.05) is 15.9 Å². The highest BCUT2D eigenvalue weighted by molar-refractivity contribution is 9.10. The van der Waals surface area contributed by atoms with Gasteiger partial charge in [-0.15, -0.1) is 0 Å². The van der Waals surface area contributed by atoms with Gasteiger partial charge in [0.25, 0.3) is 5.78 Å². The predicted molar refractivity (Wildman–Crippen MR) is 77.6 cm³/mol. The highest BCUT2D eigenvalue weighted by Gasteiger charge is 2.10. The molecule has 0 radical (unpaired) electrons. The number of halogens is 1. The van der Waals surface area contributed by atoms with Gasteiger partial charge < -0.3 is 10.5 Å². The first-order valence-corrected chi connectivity index (χ1v) is 6.80. The molecule has 0 bridgehead atoms. The molecule has 0 spiro atoms. The van der Waals surface area contributed by atoms with E-state index in [1.807, 2.05) is 31.2 Å². The molecule has 0 amide bonds. The van der Waals surface area contributed by atoms with Crippen LogP contribution in [0.15, 0.2) is 35.1 Å². The van der Waals surface area contributed by atoms with Crippen LogP contribution in [0.5, 0.6) is 11.6 Å². The maximum atomic E-state index is 5.93. The number of benzene rings is 1. The monoisotopic (exact) mass is 333 g/mol. The molecule has 102 valence electrons. The maximum absolute atomic E-state index is 5.93. The van der Waals surface area contributed by atoms with Crippen molar-refractivity contribution in [2.75, 3.05) is 0 Å². The number of fused-ring (bicyclic) bond motifs is 1. The fraction of sp³-hybridized carbons (Fsp3) is 0.154. The zero-order valence-electron chi connectivity index (χ0n) is 10.7. The van der Waals surface area contributed by atoms with E-state index in [-0.39, 0.29) is 0 Å². The quantitative estimate of drug-likeness (QED) is 0.796. The largest absolute Gasteiger partial charge is 0.438 e. The van der Waals surface area contributed by atoms with Crippen LogP contribution in [0, 0.1) is 6.92 Å². The third-order valence-electron chi connectivity index (χ3n) is 2.80. The minimum atomic E-state index is 0.388. The van der Waals surface area contributed by atoms with Crippen molar-refractivity contribution in [1.29, 1.82) is 0 Å². The van der Waals surface area contributed by atoms with Crippen LogP contribution in [0.4, 0.5) is 0 Å². The number of rotatable bonds is 3. The Bertz CT molecular complexity index is 771. The van der Waals surface area contributed by atoms with Crippen LogP contribution < -0.4 is 10.5 Å². The number of aryl methyl sites for hydroxylation is 1. The van der Waals surface area contributed by atoms with Crippen LogP contribution in [-0.2, 0) is 6.54 Å². The molecule has 1 aromatic carbocycles. The highest BCUT2D eigenvalue weighted by atomic mass is 79.9. The molecule has 0 saturated carbocycles. The molecule has 3 aromatic rings. The summed E-state index contributed by atoms with van der Waals surface area (Å²) in [6.45, 7) is 2.27. The molecule has 20 heavy (non-hydrogen) atoms. The van der Waals surface area contributed by atoms with Crippen molar-refractivity contribution in [2.45, 2.75) is 13.5 Å². The van der Waals surface area contributed by atoms with Crippen molar-refractivity contribution in [3.8, 4) is 11.6 Å². The van der Waals surface area contributed by atoms with E-state index >= 15 is 0 Å². The smallest absolute Gasteiger partial charge is 0.255 e. The molecule has 0 aliphatic carbocycles. The van der Waals surface area contributed by atoms with Gasteiger partial charge in [0, 0.05) is 28.3 Å². The van der Waals surface area contributed by atoms with Crippen LogP contribution >= 0.6 is 15.9 Å². The third kappa shape index (κ3) is 2.37. The van der Waals surface area contributed by atoms with E-state index in [1.54, 1.807) is 4.52 Å². The highest BCUT2D eigenvalue weighted by Crippen LogP contribution is 2.28. The third-order valence-corrected chi connectivity index (χ3v) is 3.30. The number of hydrogen-bond acceptors (Lipinski definition) is 5. The maximum Gasteiger partial charge on any atom is 0.255 e. The average molecular weight is 334 g/mol. The van der Waals surface area contributed by atoms with Gasteiger partial charge in [0.1, 0.15) is 12.1 Å². The SMILES string of the molecule is Cc1cc(Oc2ccc(Br)cc2CN)n2ncnc2n1. The summed E-state index contributed by atoms with van der Waals surface area (Å²) in [5.41, 5.74) is 7.46. The van der Waals surface area contributed by atoms with E-state index in [9.17, 15) is 0 Å². The minimum Gasteiger partial charge on any atom is -0.438 e. The molecule has 0 aliphatic heterocycles. The Labute approximate surface area is 123 Å². The lowest BCUT2D eigenvalue weighted by Crippen LogP contribution is -2.03. The van der Waals surface area contributed by atoms with E-state index in [0.717, 1.165) is 15.7 Å². The molecule has 0 saturated heterocycles. The molecular weight excluding hydrogens is 322 g/mol. The number of nitrogens with two attached hydrogens (primary N) is 1. The standard InChI is InChI=1S/C13H12BrN5O/c1-8-4-12(19-13(18-8)16-7-17-19)20-11-3-2-10(14)5-9(11)6-15/h2-5,7H,6,15H2,1H3. The average Bonchev–Trinajstić information content (AvgIpc) is 2.88. The first-order chi connectivity index (χ1) is 9.67. The summed E-state index contributed by atoms with van der Waals surface area (Å²) in [7, 11) is 0. The molecule has 0 aliphatic rings. The van der Waals surface area contributed by atoms with Crippen molar-refractivity contribution in [3.63, 3.8) is 0 Å². The van der Waals surface area contributed by atoms with Gasteiger partial charge in [0.15, 0.2) is 0 Å². The molecule has 6 nitrogen and oxygen atoms in total. The summed E-state index contributed by atoms with van der Waals surface area (Å²) in [6.07, 6.45) is 1.44. The normalized spacial score (nSPS) is 10.9. The minimum absolute atomic E-state index is 0.388. The number of nitrogens with zero attached hydrogens (tertiary/aromatic N) is 4. The van der Waals surface area contributed by atoms with Crippen molar-refractivity contribution in [1.82, 2.24) is 19.6 Å². The number of ether oxygens (including phenoxy) is 1. The van der Waals surface area contributed by atoms with Crippen molar-refractivity contribution in [2.24, 2.45) is 5.73 Å². The molecule has 0 unspecified atom stereocenters. The fourth-order valence-corrected chi connectivity index (χ4v) is 2.30. The van der Waals surface area contributed by atoms with Crippen LogP contribution in [-0.4, -0.2) is 19.6 Å². The lowest BCUT2D eigenvalue weighted by atomic mass is 10.2. The van der Waals surface area contributed by atoms with Crippen molar-refractivity contribution >= 4 is 21.7 Å². The Kier molecular flexibility index (Phi) is 3.37. The topological polar surface area (TPSA) is 78.3 Å². The molecule has 2 N–H and O–H groups in total. The zero-order chi connectivity index (χ0) is 14.1. The second-order valence-corrected chi connectivity index (χ2v) is 5.18. The summed E-state index contributed by atoms with van der Waals surface area (Å²) >= 11 is 3.42. The lowest BCUT2D eigenvalue weighted by Gasteiger charge is -2.11. The van der Waals surface area contributed by atoms with E-state index in [2.05, 4.69) is 31.0 Å². The summed E-state index contributed by atoms with van der Waals surface area (Å²) in [6, 6.07) is 7.51. The summed E-state index contributed by atoms with van der Waals surface area (Å²) in [5, 5.41) is 4.11. The summed E-state index contributed by atoms with van der Waals surface area (Å²) in [5.74, 6) is 1.76. The van der Waals surface area contributed by atoms with Gasteiger partial charge in [0.05, 0.1) is 0 Å². The molecule has 0 fully saturated rings. The molecule has 0 atom stereocenters. The van der Waals surface area contributed by atoms with Gasteiger partial charge >= 0.3 is 0 Å².